The van der Waals surface area contributed by atoms with Gasteiger partial charge in [-0.05, 0) is 78.4 Å². The van der Waals surface area contributed by atoms with Gasteiger partial charge in [0.05, 0.1) is 21.8 Å². The van der Waals surface area contributed by atoms with Crippen LogP contribution in [-0.2, 0) is 0 Å². The summed E-state index contributed by atoms with van der Waals surface area (Å²) < 4.78 is 1.22. The molecule has 3 atom stereocenters. The highest BCUT2D eigenvalue weighted by atomic mass is 32.1. The van der Waals surface area contributed by atoms with Crippen molar-refractivity contribution in [1.29, 1.82) is 0 Å². The zero-order chi connectivity index (χ0) is 21.8. The lowest BCUT2D eigenvalue weighted by atomic mass is 9.76. The van der Waals surface area contributed by atoms with Crippen LogP contribution < -0.4 is 5.32 Å². The number of anilines is 1. The standard InChI is InChI=1S/C27H22N2O2S/c1-15-5-11-23-24(13-15)32-26(29-23)18-10-12-22-21(14-18)19-3-2-4-20(19)25(28-22)16-6-8-17(9-7-16)27(30)31/h2-3,5-14,19-20,25,28H,4H2,1H3,(H,30,31)/t19-,20+,25+/m1/s1. The zero-order valence-electron chi connectivity index (χ0n) is 17.6. The summed E-state index contributed by atoms with van der Waals surface area (Å²) in [5.41, 5.74) is 7.37. The van der Waals surface area contributed by atoms with Gasteiger partial charge in [-0.25, -0.2) is 9.78 Å². The van der Waals surface area contributed by atoms with Gasteiger partial charge in [0.1, 0.15) is 5.01 Å². The maximum Gasteiger partial charge on any atom is 0.335 e. The third kappa shape index (κ3) is 3.12. The number of carbonyl (C=O) groups is 1. The summed E-state index contributed by atoms with van der Waals surface area (Å²) in [6.07, 6.45) is 5.61. The molecule has 2 N–H and O–H groups in total. The maximum absolute atomic E-state index is 11.2. The summed E-state index contributed by atoms with van der Waals surface area (Å²) in [7, 11) is 0. The highest BCUT2D eigenvalue weighted by Gasteiger charge is 2.38. The Hall–Kier alpha value is -3.44. The molecule has 1 aromatic heterocycles. The Morgan fingerprint density at radius 2 is 1.94 bits per heavy atom. The van der Waals surface area contributed by atoms with E-state index in [0.29, 0.717) is 17.4 Å². The van der Waals surface area contributed by atoms with E-state index in [4.69, 9.17) is 4.98 Å². The average Bonchev–Trinajstić information content (AvgIpc) is 3.45. The van der Waals surface area contributed by atoms with E-state index < -0.39 is 5.97 Å². The molecule has 6 rings (SSSR count). The first-order valence-electron chi connectivity index (χ1n) is 10.8. The average molecular weight is 439 g/mol. The lowest BCUT2D eigenvalue weighted by Crippen LogP contribution is -2.29. The number of nitrogens with zero attached hydrogens (tertiary/aromatic N) is 1. The summed E-state index contributed by atoms with van der Waals surface area (Å²) >= 11 is 1.74. The van der Waals surface area contributed by atoms with E-state index in [2.05, 4.69) is 60.8 Å². The lowest BCUT2D eigenvalue weighted by Gasteiger charge is -2.37. The number of benzene rings is 3. The van der Waals surface area contributed by atoms with E-state index in [-0.39, 0.29) is 6.04 Å². The third-order valence-corrected chi connectivity index (χ3v) is 7.74. The third-order valence-electron chi connectivity index (χ3n) is 6.67. The van der Waals surface area contributed by atoms with Gasteiger partial charge in [-0.3, -0.25) is 0 Å². The van der Waals surface area contributed by atoms with Crippen molar-refractivity contribution in [3.63, 3.8) is 0 Å². The number of carboxylic acids is 1. The molecule has 158 valence electrons. The van der Waals surface area contributed by atoms with Crippen molar-refractivity contribution in [1.82, 2.24) is 4.98 Å². The predicted molar refractivity (Wildman–Crippen MR) is 130 cm³/mol. The molecule has 1 aliphatic carbocycles. The number of thiazole rings is 1. The topological polar surface area (TPSA) is 62.2 Å². The number of allylic oxidation sites excluding steroid dienone is 2. The van der Waals surface area contributed by atoms with Crippen molar-refractivity contribution in [3.05, 3.63) is 95.1 Å². The van der Waals surface area contributed by atoms with Gasteiger partial charge in [0.2, 0.25) is 0 Å². The Balaban J connectivity index is 1.37. The number of aromatic carboxylic acids is 1. The summed E-state index contributed by atoms with van der Waals surface area (Å²) in [6.45, 7) is 2.11. The van der Waals surface area contributed by atoms with Gasteiger partial charge in [-0.2, -0.15) is 0 Å². The second kappa shape index (κ2) is 7.31. The van der Waals surface area contributed by atoms with Crippen LogP contribution in [0.5, 0.6) is 0 Å². The van der Waals surface area contributed by atoms with E-state index in [1.165, 1.54) is 15.8 Å². The first-order chi connectivity index (χ1) is 15.6. The number of carboxylic acid groups (broad SMARTS) is 1. The maximum atomic E-state index is 11.2. The molecule has 4 nitrogen and oxygen atoms in total. The molecule has 1 aliphatic heterocycles. The molecule has 0 bridgehead atoms. The van der Waals surface area contributed by atoms with E-state index in [1.54, 1.807) is 23.5 Å². The molecule has 2 aliphatic rings. The van der Waals surface area contributed by atoms with Gasteiger partial charge in [0, 0.05) is 17.2 Å². The van der Waals surface area contributed by atoms with Gasteiger partial charge in [-0.15, -0.1) is 11.3 Å². The van der Waals surface area contributed by atoms with Crippen molar-refractivity contribution >= 4 is 33.2 Å². The van der Waals surface area contributed by atoms with Crippen molar-refractivity contribution < 1.29 is 9.90 Å². The molecular weight excluding hydrogens is 416 g/mol. The molecule has 0 amide bonds. The highest BCUT2D eigenvalue weighted by Crippen LogP contribution is 2.50. The Morgan fingerprint density at radius 1 is 1.09 bits per heavy atom. The Labute approximate surface area is 190 Å². The minimum absolute atomic E-state index is 0.154. The molecule has 0 saturated carbocycles. The Morgan fingerprint density at radius 3 is 2.75 bits per heavy atom. The quantitative estimate of drug-likeness (QED) is 0.346. The largest absolute Gasteiger partial charge is 0.478 e. The van der Waals surface area contributed by atoms with E-state index in [0.717, 1.165) is 33.8 Å². The molecule has 2 heterocycles. The van der Waals surface area contributed by atoms with E-state index in [9.17, 15) is 9.90 Å². The molecule has 4 aromatic rings. The fraction of sp³-hybridized carbons (Fsp3) is 0.185. The van der Waals surface area contributed by atoms with Gasteiger partial charge in [0.15, 0.2) is 0 Å². The van der Waals surface area contributed by atoms with Crippen LogP contribution in [0.1, 0.15) is 45.4 Å². The number of aryl methyl sites for hydroxylation is 1. The second-order valence-electron chi connectivity index (χ2n) is 8.69. The van der Waals surface area contributed by atoms with Crippen LogP contribution in [0.4, 0.5) is 5.69 Å². The SMILES string of the molecule is Cc1ccc2nc(-c3ccc4c(c3)[C@@H]3C=CC[C@@H]3[C@H](c3ccc(C(=O)O)cc3)N4)sc2c1. The fourth-order valence-corrected chi connectivity index (χ4v) is 6.11. The Kier molecular flexibility index (Phi) is 4.40. The normalized spacial score (nSPS) is 21.2. The summed E-state index contributed by atoms with van der Waals surface area (Å²) in [5.74, 6) is -0.144. The first-order valence-corrected chi connectivity index (χ1v) is 11.7. The molecule has 32 heavy (non-hydrogen) atoms. The van der Waals surface area contributed by atoms with Crippen LogP contribution in [0.25, 0.3) is 20.8 Å². The number of nitrogens with one attached hydrogen (secondary N) is 1. The van der Waals surface area contributed by atoms with E-state index in [1.807, 2.05) is 12.1 Å². The lowest BCUT2D eigenvalue weighted by molar-refractivity contribution is 0.0697. The molecule has 0 spiro atoms. The summed E-state index contributed by atoms with van der Waals surface area (Å²) in [4.78, 5) is 16.1. The smallest absolute Gasteiger partial charge is 0.335 e. The number of aromatic nitrogens is 1. The molecule has 0 fully saturated rings. The fourth-order valence-electron chi connectivity index (χ4n) is 5.05. The van der Waals surface area contributed by atoms with Crippen LogP contribution in [0, 0.1) is 12.8 Å². The van der Waals surface area contributed by atoms with Crippen LogP contribution in [0.3, 0.4) is 0 Å². The molecule has 0 radical (unpaired) electrons. The monoisotopic (exact) mass is 438 g/mol. The molecule has 0 saturated heterocycles. The van der Waals surface area contributed by atoms with Crippen LogP contribution in [0.2, 0.25) is 0 Å². The minimum atomic E-state index is -0.892. The van der Waals surface area contributed by atoms with Gasteiger partial charge in [-0.1, -0.05) is 30.4 Å². The van der Waals surface area contributed by atoms with Crippen molar-refractivity contribution in [2.24, 2.45) is 5.92 Å². The first kappa shape index (κ1) is 19.3. The van der Waals surface area contributed by atoms with E-state index >= 15 is 0 Å². The van der Waals surface area contributed by atoms with Gasteiger partial charge < -0.3 is 10.4 Å². The molecular formula is C27H22N2O2S. The van der Waals surface area contributed by atoms with Gasteiger partial charge >= 0.3 is 5.97 Å². The Bertz CT molecular complexity index is 1390. The summed E-state index contributed by atoms with van der Waals surface area (Å²) in [6, 6.07) is 20.5. The molecule has 5 heteroatoms. The second-order valence-corrected chi connectivity index (χ2v) is 9.73. The van der Waals surface area contributed by atoms with Crippen LogP contribution >= 0.6 is 11.3 Å². The summed E-state index contributed by atoms with van der Waals surface area (Å²) in [5, 5.41) is 14.0. The van der Waals surface area contributed by atoms with Crippen molar-refractivity contribution in [2.75, 3.05) is 5.32 Å². The van der Waals surface area contributed by atoms with Gasteiger partial charge in [0.25, 0.3) is 0 Å². The predicted octanol–water partition coefficient (Wildman–Crippen LogP) is 6.80. The van der Waals surface area contributed by atoms with Crippen molar-refractivity contribution in [2.45, 2.75) is 25.3 Å². The number of hydrogen-bond donors (Lipinski definition) is 2. The molecule has 3 aromatic carbocycles. The number of fused-ring (bicyclic) bond motifs is 4. The van der Waals surface area contributed by atoms with Crippen molar-refractivity contribution in [3.8, 4) is 10.6 Å². The molecule has 0 unspecified atom stereocenters. The minimum Gasteiger partial charge on any atom is -0.478 e. The number of hydrogen-bond acceptors (Lipinski definition) is 4. The van der Waals surface area contributed by atoms with Crippen LogP contribution in [-0.4, -0.2) is 16.1 Å². The number of rotatable bonds is 3. The van der Waals surface area contributed by atoms with Crippen LogP contribution in [0.15, 0.2) is 72.8 Å². The zero-order valence-corrected chi connectivity index (χ0v) is 18.4. The highest BCUT2D eigenvalue weighted by molar-refractivity contribution is 7.21.